The van der Waals surface area contributed by atoms with Gasteiger partial charge in [0, 0.05) is 43.7 Å². The third-order valence-corrected chi connectivity index (χ3v) is 4.81. The first-order chi connectivity index (χ1) is 11.1. The first-order valence-electron chi connectivity index (χ1n) is 8.09. The maximum absolute atomic E-state index is 11.2. The second kappa shape index (κ2) is 6.48. The Labute approximate surface area is 136 Å². The minimum Gasteiger partial charge on any atom is -0.380 e. The molecular formula is C17H24N4O2. The van der Waals surface area contributed by atoms with Gasteiger partial charge in [-0.1, -0.05) is 23.9 Å². The lowest BCUT2D eigenvalue weighted by molar-refractivity contribution is -0.127. The average Bonchev–Trinajstić information content (AvgIpc) is 3.20. The first kappa shape index (κ1) is 15.6. The van der Waals surface area contributed by atoms with Crippen LogP contribution < -0.4 is 5.73 Å². The predicted molar refractivity (Wildman–Crippen MR) is 89.3 cm³/mol. The number of primary amides is 1. The summed E-state index contributed by atoms with van der Waals surface area (Å²) in [6.45, 7) is 9.84. The highest BCUT2D eigenvalue weighted by Gasteiger charge is 2.42. The van der Waals surface area contributed by atoms with E-state index in [0.29, 0.717) is 18.3 Å². The summed E-state index contributed by atoms with van der Waals surface area (Å²) >= 11 is 0. The summed E-state index contributed by atoms with van der Waals surface area (Å²) in [4.78, 5) is 21.0. The number of rotatable bonds is 4. The summed E-state index contributed by atoms with van der Waals surface area (Å²) in [7, 11) is 0. The van der Waals surface area contributed by atoms with E-state index in [0.717, 1.165) is 32.0 Å². The van der Waals surface area contributed by atoms with Gasteiger partial charge in [0.05, 0.1) is 6.42 Å². The third-order valence-electron chi connectivity index (χ3n) is 4.81. The molecule has 0 radical (unpaired) electrons. The van der Waals surface area contributed by atoms with Gasteiger partial charge in [-0.2, -0.15) is 0 Å². The number of amidine groups is 1. The number of carbonyl (C=O) groups is 1. The van der Waals surface area contributed by atoms with Gasteiger partial charge in [-0.15, -0.1) is 0 Å². The number of likely N-dealkylation sites (tertiary alicyclic amines) is 2. The SMILES string of the molecule is C=CC=C(C=CC)N1CC2CN(C3=NOC(C(N)=O)C3)CC2C1. The molecule has 3 atom stereocenters. The number of nitrogens with zero attached hydrogens (tertiary/aromatic N) is 3. The van der Waals surface area contributed by atoms with Gasteiger partial charge in [-0.25, -0.2) is 0 Å². The van der Waals surface area contributed by atoms with Crippen molar-refractivity contribution in [3.05, 3.63) is 36.6 Å². The molecule has 2 N–H and O–H groups in total. The fourth-order valence-electron chi connectivity index (χ4n) is 3.68. The number of fused-ring (bicyclic) bond motifs is 1. The number of oxime groups is 1. The summed E-state index contributed by atoms with van der Waals surface area (Å²) in [5, 5.41) is 4.05. The lowest BCUT2D eigenvalue weighted by atomic mass is 10.0. The maximum atomic E-state index is 11.2. The van der Waals surface area contributed by atoms with Crippen LogP contribution in [0.2, 0.25) is 0 Å². The molecule has 6 heteroatoms. The van der Waals surface area contributed by atoms with E-state index in [1.165, 1.54) is 5.70 Å². The molecule has 3 unspecified atom stereocenters. The van der Waals surface area contributed by atoms with Crippen LogP contribution in [0.4, 0.5) is 0 Å². The Bertz CT molecular complexity index is 567. The number of hydrogen-bond acceptors (Lipinski definition) is 5. The van der Waals surface area contributed by atoms with Crippen molar-refractivity contribution in [1.29, 1.82) is 0 Å². The van der Waals surface area contributed by atoms with Crippen molar-refractivity contribution in [3.8, 4) is 0 Å². The van der Waals surface area contributed by atoms with Crippen molar-refractivity contribution in [1.82, 2.24) is 9.80 Å². The molecule has 0 aromatic heterocycles. The lowest BCUT2D eigenvalue weighted by Crippen LogP contribution is -2.35. The second-order valence-corrected chi connectivity index (χ2v) is 6.37. The highest BCUT2D eigenvalue weighted by Crippen LogP contribution is 2.34. The summed E-state index contributed by atoms with van der Waals surface area (Å²) in [5.74, 6) is 1.65. The van der Waals surface area contributed by atoms with Gasteiger partial charge in [0.15, 0.2) is 0 Å². The van der Waals surface area contributed by atoms with E-state index in [4.69, 9.17) is 10.6 Å². The maximum Gasteiger partial charge on any atom is 0.261 e. The van der Waals surface area contributed by atoms with E-state index in [9.17, 15) is 4.79 Å². The van der Waals surface area contributed by atoms with Gasteiger partial charge in [0.1, 0.15) is 5.84 Å². The van der Waals surface area contributed by atoms with Crippen molar-refractivity contribution in [2.45, 2.75) is 19.4 Å². The molecule has 3 heterocycles. The van der Waals surface area contributed by atoms with E-state index in [1.54, 1.807) is 0 Å². The molecule has 2 saturated heterocycles. The number of allylic oxidation sites excluding steroid dienone is 4. The number of amides is 1. The largest absolute Gasteiger partial charge is 0.380 e. The van der Waals surface area contributed by atoms with Crippen LogP contribution in [0.15, 0.2) is 41.7 Å². The molecule has 0 aromatic carbocycles. The molecule has 0 aliphatic carbocycles. The first-order valence-corrected chi connectivity index (χ1v) is 8.09. The van der Waals surface area contributed by atoms with E-state index in [1.807, 2.05) is 13.0 Å². The lowest BCUT2D eigenvalue weighted by Gasteiger charge is -2.24. The van der Waals surface area contributed by atoms with E-state index >= 15 is 0 Å². The average molecular weight is 316 g/mol. The van der Waals surface area contributed by atoms with Crippen LogP contribution in [0.1, 0.15) is 13.3 Å². The zero-order valence-electron chi connectivity index (χ0n) is 13.5. The quantitative estimate of drug-likeness (QED) is 0.788. The summed E-state index contributed by atoms with van der Waals surface area (Å²) in [6, 6.07) is 0. The Kier molecular flexibility index (Phi) is 4.41. The highest BCUT2D eigenvalue weighted by atomic mass is 16.6. The topological polar surface area (TPSA) is 71.2 Å². The fraction of sp³-hybridized carbons (Fsp3) is 0.529. The monoisotopic (exact) mass is 316 g/mol. The zero-order chi connectivity index (χ0) is 16.4. The molecule has 124 valence electrons. The fourth-order valence-corrected chi connectivity index (χ4v) is 3.68. The molecule has 23 heavy (non-hydrogen) atoms. The van der Waals surface area contributed by atoms with Crippen molar-refractivity contribution >= 4 is 11.7 Å². The smallest absolute Gasteiger partial charge is 0.261 e. The Morgan fingerprint density at radius 1 is 1.35 bits per heavy atom. The zero-order valence-corrected chi connectivity index (χ0v) is 13.5. The molecule has 0 spiro atoms. The van der Waals surface area contributed by atoms with Gasteiger partial charge in [0.25, 0.3) is 5.91 Å². The molecule has 0 bridgehead atoms. The van der Waals surface area contributed by atoms with Crippen LogP contribution in [0.25, 0.3) is 0 Å². The van der Waals surface area contributed by atoms with Crippen molar-refractivity contribution in [2.24, 2.45) is 22.7 Å². The molecular weight excluding hydrogens is 292 g/mol. The Balaban J connectivity index is 1.59. The molecule has 2 fully saturated rings. The molecule has 3 aliphatic heterocycles. The van der Waals surface area contributed by atoms with Crippen molar-refractivity contribution in [2.75, 3.05) is 26.2 Å². The normalized spacial score (nSPS) is 30.6. The third kappa shape index (κ3) is 3.11. The number of hydrogen-bond donors (Lipinski definition) is 1. The minimum absolute atomic E-state index is 0.445. The van der Waals surface area contributed by atoms with Gasteiger partial charge >= 0.3 is 0 Å². The van der Waals surface area contributed by atoms with Crippen LogP contribution in [-0.2, 0) is 9.63 Å². The highest BCUT2D eigenvalue weighted by molar-refractivity contribution is 5.91. The van der Waals surface area contributed by atoms with Crippen molar-refractivity contribution < 1.29 is 9.63 Å². The van der Waals surface area contributed by atoms with Gasteiger partial charge in [0.2, 0.25) is 6.10 Å². The van der Waals surface area contributed by atoms with E-state index in [-0.39, 0.29) is 0 Å². The summed E-state index contributed by atoms with van der Waals surface area (Å²) in [5.41, 5.74) is 6.50. The standard InChI is InChI=1S/C17H24N4O2/c1-3-5-14(6-4-2)20-8-12-10-21(11-13(12)9-20)16-7-15(17(18)22)23-19-16/h3-6,12-13,15H,1,7-11H2,2H3,(H2,18,22). The molecule has 3 rings (SSSR count). The Hall–Kier alpha value is -2.24. The molecule has 1 amide bonds. The molecule has 0 saturated carbocycles. The van der Waals surface area contributed by atoms with Gasteiger partial charge in [-0.05, 0) is 19.1 Å². The van der Waals surface area contributed by atoms with Crippen LogP contribution in [0, 0.1) is 11.8 Å². The number of carbonyl (C=O) groups excluding carboxylic acids is 1. The molecule has 6 nitrogen and oxygen atoms in total. The van der Waals surface area contributed by atoms with Gasteiger partial charge in [-0.3, -0.25) is 4.79 Å². The van der Waals surface area contributed by atoms with Crippen LogP contribution in [-0.4, -0.2) is 53.8 Å². The van der Waals surface area contributed by atoms with E-state index < -0.39 is 12.0 Å². The predicted octanol–water partition coefficient (Wildman–Crippen LogP) is 1.08. The molecule has 3 aliphatic rings. The summed E-state index contributed by atoms with van der Waals surface area (Å²) < 4.78 is 0. The molecule has 0 aromatic rings. The van der Waals surface area contributed by atoms with Crippen LogP contribution in [0.3, 0.4) is 0 Å². The van der Waals surface area contributed by atoms with Gasteiger partial charge < -0.3 is 20.4 Å². The Morgan fingerprint density at radius 2 is 2.04 bits per heavy atom. The van der Waals surface area contributed by atoms with E-state index in [2.05, 4.69) is 39.8 Å². The van der Waals surface area contributed by atoms with Crippen LogP contribution >= 0.6 is 0 Å². The number of nitrogens with two attached hydrogens (primary N) is 1. The second-order valence-electron chi connectivity index (χ2n) is 6.37. The minimum atomic E-state index is -0.598. The Morgan fingerprint density at radius 3 is 2.57 bits per heavy atom. The van der Waals surface area contributed by atoms with Crippen molar-refractivity contribution in [3.63, 3.8) is 0 Å². The van der Waals surface area contributed by atoms with Crippen LogP contribution in [0.5, 0.6) is 0 Å². The summed E-state index contributed by atoms with van der Waals surface area (Å²) in [6.07, 6.45) is 7.99.